The Kier molecular flexibility index (Phi) is 8.52. The van der Waals surface area contributed by atoms with Gasteiger partial charge in [-0.1, -0.05) is 25.1 Å². The number of aliphatic imine (C=N–C) groups is 1. The van der Waals surface area contributed by atoms with Crippen LogP contribution < -0.4 is 11.1 Å². The van der Waals surface area contributed by atoms with Crippen LogP contribution in [0.2, 0.25) is 0 Å². The summed E-state index contributed by atoms with van der Waals surface area (Å²) in [5.74, 6) is 2.12. The maximum Gasteiger partial charge on any atom is 0.276 e. The Bertz CT molecular complexity index is 599. The van der Waals surface area contributed by atoms with Crippen LogP contribution in [0.4, 0.5) is 0 Å². The largest absolute Gasteiger partial charge is 0.370 e. The molecule has 7 nitrogen and oxygen atoms in total. The van der Waals surface area contributed by atoms with Crippen molar-refractivity contribution in [2.75, 3.05) is 13.1 Å². The zero-order valence-corrected chi connectivity index (χ0v) is 15.7. The molecule has 2 rings (SSSR count). The van der Waals surface area contributed by atoms with Crippen LogP contribution in [0.5, 0.6) is 0 Å². The Hall–Kier alpha value is -1.71. The fourth-order valence-electron chi connectivity index (χ4n) is 1.75. The molecule has 0 saturated heterocycles. The molecule has 0 aromatic carbocycles. The number of nitrogens with one attached hydrogen (secondary N) is 1. The molecule has 126 valence electrons. The number of halogens is 1. The second-order valence-electron chi connectivity index (χ2n) is 5.36. The van der Waals surface area contributed by atoms with E-state index in [2.05, 4.69) is 39.3 Å². The van der Waals surface area contributed by atoms with Gasteiger partial charge >= 0.3 is 0 Å². The first-order valence-corrected chi connectivity index (χ1v) is 7.43. The van der Waals surface area contributed by atoms with E-state index >= 15 is 0 Å². The number of nitrogens with zero attached hydrogens (tertiary/aromatic N) is 4. The minimum Gasteiger partial charge on any atom is -0.370 e. The number of hydrogen-bond acceptors (Lipinski definition) is 5. The average Bonchev–Trinajstić information content (AvgIpc) is 2.97. The van der Waals surface area contributed by atoms with Gasteiger partial charge in [-0.3, -0.25) is 9.98 Å². The van der Waals surface area contributed by atoms with Crippen LogP contribution in [0.1, 0.15) is 26.1 Å². The van der Waals surface area contributed by atoms with E-state index in [1.807, 2.05) is 18.2 Å². The number of nitrogens with two attached hydrogens (primary N) is 1. The van der Waals surface area contributed by atoms with Gasteiger partial charge in [-0.25, -0.2) is 0 Å². The number of guanidine groups is 1. The fraction of sp³-hybridized carbons (Fsp3) is 0.467. The van der Waals surface area contributed by atoms with Crippen molar-refractivity contribution >= 4 is 29.9 Å². The van der Waals surface area contributed by atoms with E-state index in [9.17, 15) is 0 Å². The van der Waals surface area contributed by atoms with Crippen molar-refractivity contribution in [3.8, 4) is 11.6 Å². The van der Waals surface area contributed by atoms with Gasteiger partial charge in [0.15, 0.2) is 11.8 Å². The maximum absolute atomic E-state index is 5.78. The standard InChI is InChI=1S/C15H22N6O.HI/c1-11(2)6-9-18-15(16)19-10-7-13-20-14(22-21-13)12-5-3-4-8-17-12;/h3-5,8,11H,6-7,9-10H2,1-2H3,(H3,16,18,19);1H. The van der Waals surface area contributed by atoms with Crippen LogP contribution >= 0.6 is 24.0 Å². The second kappa shape index (κ2) is 10.1. The predicted molar refractivity (Wildman–Crippen MR) is 101 cm³/mol. The molecule has 0 aliphatic rings. The Morgan fingerprint density at radius 3 is 2.91 bits per heavy atom. The molecular weight excluding hydrogens is 407 g/mol. The van der Waals surface area contributed by atoms with Gasteiger partial charge in [-0.05, 0) is 24.5 Å². The van der Waals surface area contributed by atoms with Gasteiger partial charge < -0.3 is 15.6 Å². The lowest BCUT2D eigenvalue weighted by Gasteiger charge is -2.04. The third-order valence-corrected chi connectivity index (χ3v) is 3.00. The summed E-state index contributed by atoms with van der Waals surface area (Å²) in [7, 11) is 0. The van der Waals surface area contributed by atoms with Crippen molar-refractivity contribution in [3.05, 3.63) is 30.2 Å². The fourth-order valence-corrected chi connectivity index (χ4v) is 1.75. The first-order valence-electron chi connectivity index (χ1n) is 7.43. The summed E-state index contributed by atoms with van der Waals surface area (Å²) >= 11 is 0. The van der Waals surface area contributed by atoms with Crippen molar-refractivity contribution in [1.29, 1.82) is 0 Å². The normalized spacial score (nSPS) is 11.3. The zero-order valence-electron chi connectivity index (χ0n) is 13.4. The Balaban J connectivity index is 0.00000264. The van der Waals surface area contributed by atoms with E-state index in [0.717, 1.165) is 13.0 Å². The molecule has 23 heavy (non-hydrogen) atoms. The van der Waals surface area contributed by atoms with Crippen LogP contribution in [0.15, 0.2) is 33.9 Å². The molecule has 0 bridgehead atoms. The van der Waals surface area contributed by atoms with Gasteiger partial charge in [0.2, 0.25) is 0 Å². The lowest BCUT2D eigenvalue weighted by atomic mass is 10.1. The lowest BCUT2D eigenvalue weighted by Crippen LogP contribution is -2.33. The van der Waals surface area contributed by atoms with Gasteiger partial charge in [0.1, 0.15) is 5.69 Å². The molecule has 0 aliphatic heterocycles. The van der Waals surface area contributed by atoms with E-state index in [1.54, 1.807) is 6.20 Å². The molecule has 0 fully saturated rings. The maximum atomic E-state index is 5.78. The monoisotopic (exact) mass is 430 g/mol. The minimum atomic E-state index is 0. The number of aromatic nitrogens is 3. The summed E-state index contributed by atoms with van der Waals surface area (Å²) in [5.41, 5.74) is 6.46. The molecule has 0 atom stereocenters. The highest BCUT2D eigenvalue weighted by molar-refractivity contribution is 14.0. The van der Waals surface area contributed by atoms with Crippen LogP contribution in [-0.4, -0.2) is 34.2 Å². The van der Waals surface area contributed by atoms with Gasteiger partial charge in [-0.15, -0.1) is 24.0 Å². The SMILES string of the molecule is CC(C)CCN=C(N)NCCc1noc(-c2ccccn2)n1.I. The molecule has 2 aromatic heterocycles. The van der Waals surface area contributed by atoms with Gasteiger partial charge in [0, 0.05) is 25.7 Å². The summed E-state index contributed by atoms with van der Waals surface area (Å²) in [5, 5.41) is 6.97. The van der Waals surface area contributed by atoms with Gasteiger partial charge in [0.25, 0.3) is 5.89 Å². The van der Waals surface area contributed by atoms with E-state index in [1.165, 1.54) is 0 Å². The molecule has 8 heteroatoms. The summed E-state index contributed by atoms with van der Waals surface area (Å²) in [6.07, 6.45) is 3.33. The lowest BCUT2D eigenvalue weighted by molar-refractivity contribution is 0.421. The molecule has 2 heterocycles. The van der Waals surface area contributed by atoms with Gasteiger partial charge in [-0.2, -0.15) is 4.98 Å². The molecule has 0 aliphatic carbocycles. The summed E-state index contributed by atoms with van der Waals surface area (Å²) in [6, 6.07) is 5.54. The molecule has 0 spiro atoms. The van der Waals surface area contributed by atoms with E-state index in [4.69, 9.17) is 10.3 Å². The second-order valence-corrected chi connectivity index (χ2v) is 5.36. The van der Waals surface area contributed by atoms with Crippen molar-refractivity contribution < 1.29 is 4.52 Å². The van der Waals surface area contributed by atoms with Crippen LogP contribution in [0.25, 0.3) is 11.6 Å². The molecule has 0 saturated carbocycles. The highest BCUT2D eigenvalue weighted by atomic mass is 127. The van der Waals surface area contributed by atoms with Crippen LogP contribution in [0, 0.1) is 5.92 Å². The Morgan fingerprint density at radius 2 is 2.22 bits per heavy atom. The molecule has 0 unspecified atom stereocenters. The smallest absolute Gasteiger partial charge is 0.276 e. The molecule has 2 aromatic rings. The number of pyridine rings is 1. The quantitative estimate of drug-likeness (QED) is 0.397. The van der Waals surface area contributed by atoms with E-state index in [-0.39, 0.29) is 24.0 Å². The van der Waals surface area contributed by atoms with Crippen LogP contribution in [0.3, 0.4) is 0 Å². The van der Waals surface area contributed by atoms with Crippen molar-refractivity contribution in [2.24, 2.45) is 16.6 Å². The average molecular weight is 430 g/mol. The van der Waals surface area contributed by atoms with Gasteiger partial charge in [0.05, 0.1) is 0 Å². The molecular formula is C15H23IN6O. The Morgan fingerprint density at radius 1 is 1.39 bits per heavy atom. The highest BCUT2D eigenvalue weighted by Crippen LogP contribution is 2.12. The topological polar surface area (TPSA) is 102 Å². The molecule has 3 N–H and O–H groups in total. The van der Waals surface area contributed by atoms with Crippen molar-refractivity contribution in [2.45, 2.75) is 26.7 Å². The van der Waals surface area contributed by atoms with Crippen molar-refractivity contribution in [3.63, 3.8) is 0 Å². The minimum absolute atomic E-state index is 0. The predicted octanol–water partition coefficient (Wildman–Crippen LogP) is 2.24. The zero-order chi connectivity index (χ0) is 15.8. The molecule has 0 amide bonds. The summed E-state index contributed by atoms with van der Waals surface area (Å²) in [4.78, 5) is 12.7. The highest BCUT2D eigenvalue weighted by Gasteiger charge is 2.09. The third-order valence-electron chi connectivity index (χ3n) is 3.00. The number of hydrogen-bond donors (Lipinski definition) is 2. The van der Waals surface area contributed by atoms with Crippen molar-refractivity contribution in [1.82, 2.24) is 20.4 Å². The first-order chi connectivity index (χ1) is 10.6. The van der Waals surface area contributed by atoms with E-state index in [0.29, 0.717) is 42.3 Å². The number of rotatable bonds is 7. The third kappa shape index (κ3) is 6.93. The molecule has 0 radical (unpaired) electrons. The van der Waals surface area contributed by atoms with Crippen LogP contribution in [-0.2, 0) is 6.42 Å². The summed E-state index contributed by atoms with van der Waals surface area (Å²) < 4.78 is 5.19. The van der Waals surface area contributed by atoms with E-state index < -0.39 is 0 Å². The first kappa shape index (κ1) is 19.3. The summed E-state index contributed by atoms with van der Waals surface area (Å²) in [6.45, 7) is 5.67. The Labute approximate surface area is 153 Å².